The van der Waals surface area contributed by atoms with Crippen LogP contribution in [0, 0.1) is 19.3 Å². The Morgan fingerprint density at radius 3 is 2.65 bits per heavy atom. The molecule has 9 heteroatoms. The third-order valence-corrected chi connectivity index (χ3v) is 7.93. The molecule has 0 bridgehead atoms. The number of piperidine rings is 1. The third kappa shape index (κ3) is 5.95. The van der Waals surface area contributed by atoms with Crippen LogP contribution in [0.5, 0.6) is 0 Å². The van der Waals surface area contributed by atoms with Crippen LogP contribution in [0.1, 0.15) is 54.6 Å². The fourth-order valence-corrected chi connectivity index (χ4v) is 6.05. The minimum atomic E-state index is -0.229. The van der Waals surface area contributed by atoms with Gasteiger partial charge in [-0.2, -0.15) is 0 Å². The second kappa shape index (κ2) is 11.4. The average Bonchev–Trinajstić information content (AvgIpc) is 3.44. The standard InChI is InChI=1S/C28H40N6O3/c1-18-10-22(13-29)26(11-25(18)21-4-7-33(8-5-21)23-6-9-36-17-23)32-27-12-28(31-20(3)30-27)34-14-19(2)37-24(15-34)16-35/h10-13,19,21,23-24,29,35H,4-9,14-17H2,1-3H3,(H,30,31,32). The molecule has 3 aliphatic heterocycles. The molecule has 3 fully saturated rings. The highest BCUT2D eigenvalue weighted by molar-refractivity contribution is 5.88. The van der Waals surface area contributed by atoms with Crippen molar-refractivity contribution < 1.29 is 14.6 Å². The Bertz CT molecular complexity index is 1100. The zero-order valence-corrected chi connectivity index (χ0v) is 22.2. The highest BCUT2D eigenvalue weighted by Crippen LogP contribution is 2.35. The monoisotopic (exact) mass is 508 g/mol. The smallest absolute Gasteiger partial charge is 0.136 e. The minimum absolute atomic E-state index is 0.00867. The van der Waals surface area contributed by atoms with Gasteiger partial charge >= 0.3 is 0 Å². The van der Waals surface area contributed by atoms with E-state index in [1.807, 2.05) is 19.9 Å². The third-order valence-electron chi connectivity index (χ3n) is 7.93. The van der Waals surface area contributed by atoms with Gasteiger partial charge in [0.05, 0.1) is 25.4 Å². The van der Waals surface area contributed by atoms with E-state index >= 15 is 0 Å². The van der Waals surface area contributed by atoms with Crippen molar-refractivity contribution in [3.8, 4) is 0 Å². The van der Waals surface area contributed by atoms with E-state index in [-0.39, 0.29) is 18.8 Å². The van der Waals surface area contributed by atoms with Crippen LogP contribution in [-0.4, -0.2) is 90.4 Å². The molecule has 0 saturated carbocycles. The lowest BCUT2D eigenvalue weighted by Gasteiger charge is -2.37. The van der Waals surface area contributed by atoms with Crippen LogP contribution in [0.15, 0.2) is 18.2 Å². The van der Waals surface area contributed by atoms with Crippen molar-refractivity contribution in [2.45, 2.75) is 64.2 Å². The normalized spacial score (nSPS) is 25.4. The lowest BCUT2D eigenvalue weighted by atomic mass is 9.85. The van der Waals surface area contributed by atoms with Crippen LogP contribution < -0.4 is 10.2 Å². The number of hydrogen-bond donors (Lipinski definition) is 3. The maximum absolute atomic E-state index is 9.63. The SMILES string of the molecule is Cc1nc(Nc2cc(C3CCN(C4CCOC4)CC3)c(C)cc2C=N)cc(N2CC(C)OC(CO)C2)n1. The summed E-state index contributed by atoms with van der Waals surface area (Å²) in [7, 11) is 0. The number of aliphatic hydroxyl groups is 1. The summed E-state index contributed by atoms with van der Waals surface area (Å²) in [6.45, 7) is 11.3. The van der Waals surface area contributed by atoms with Crippen molar-refractivity contribution in [3.05, 3.63) is 40.7 Å². The van der Waals surface area contributed by atoms with Crippen molar-refractivity contribution in [2.24, 2.45) is 0 Å². The van der Waals surface area contributed by atoms with E-state index in [4.69, 9.17) is 14.9 Å². The van der Waals surface area contributed by atoms with E-state index in [0.29, 0.717) is 36.7 Å². The predicted molar refractivity (Wildman–Crippen MR) is 146 cm³/mol. The van der Waals surface area contributed by atoms with Gasteiger partial charge < -0.3 is 30.2 Å². The number of morpholine rings is 1. The molecule has 0 aliphatic carbocycles. The number of aliphatic hydroxyl groups excluding tert-OH is 1. The summed E-state index contributed by atoms with van der Waals surface area (Å²) in [4.78, 5) is 14.1. The molecule has 5 rings (SSSR count). The van der Waals surface area contributed by atoms with Gasteiger partial charge in [0, 0.05) is 49.3 Å². The summed E-state index contributed by atoms with van der Waals surface area (Å²) in [5.74, 6) is 2.70. The van der Waals surface area contributed by atoms with Gasteiger partial charge in [-0.1, -0.05) is 0 Å². The number of nitrogens with zero attached hydrogens (tertiary/aromatic N) is 4. The number of aryl methyl sites for hydroxylation is 2. The van der Waals surface area contributed by atoms with Crippen LogP contribution >= 0.6 is 0 Å². The highest BCUT2D eigenvalue weighted by atomic mass is 16.5. The lowest BCUT2D eigenvalue weighted by Crippen LogP contribution is -2.48. The molecule has 200 valence electrons. The van der Waals surface area contributed by atoms with Gasteiger partial charge in [0.15, 0.2) is 0 Å². The molecule has 2 aromatic rings. The molecule has 4 heterocycles. The van der Waals surface area contributed by atoms with Gasteiger partial charge in [-0.3, -0.25) is 4.90 Å². The van der Waals surface area contributed by atoms with Crippen molar-refractivity contribution in [1.29, 1.82) is 5.41 Å². The van der Waals surface area contributed by atoms with Crippen molar-refractivity contribution >= 4 is 23.5 Å². The second-order valence-corrected chi connectivity index (χ2v) is 10.7. The van der Waals surface area contributed by atoms with E-state index in [2.05, 4.69) is 44.1 Å². The summed E-state index contributed by atoms with van der Waals surface area (Å²) in [6.07, 6.45) is 4.61. The molecule has 37 heavy (non-hydrogen) atoms. The summed E-state index contributed by atoms with van der Waals surface area (Å²) in [5, 5.41) is 21.2. The first-order chi connectivity index (χ1) is 17.9. The Labute approximate surface area is 219 Å². The Morgan fingerprint density at radius 1 is 1.14 bits per heavy atom. The van der Waals surface area contributed by atoms with Crippen molar-refractivity contribution in [2.75, 3.05) is 56.2 Å². The fraction of sp³-hybridized carbons (Fsp3) is 0.607. The number of ether oxygens (including phenoxy) is 2. The summed E-state index contributed by atoms with van der Waals surface area (Å²) in [6, 6.07) is 6.88. The van der Waals surface area contributed by atoms with Gasteiger partial charge in [0.2, 0.25) is 0 Å². The van der Waals surface area contributed by atoms with Crippen LogP contribution in [0.4, 0.5) is 17.3 Å². The van der Waals surface area contributed by atoms with E-state index in [1.54, 1.807) is 0 Å². The van der Waals surface area contributed by atoms with Crippen molar-refractivity contribution in [3.63, 3.8) is 0 Å². The number of hydrogen-bond acceptors (Lipinski definition) is 9. The maximum atomic E-state index is 9.63. The van der Waals surface area contributed by atoms with E-state index < -0.39 is 0 Å². The number of aromatic nitrogens is 2. The van der Waals surface area contributed by atoms with Gasteiger partial charge in [0.1, 0.15) is 17.5 Å². The average molecular weight is 509 g/mol. The first-order valence-corrected chi connectivity index (χ1v) is 13.5. The van der Waals surface area contributed by atoms with Crippen LogP contribution in [-0.2, 0) is 9.47 Å². The molecule has 3 N–H and O–H groups in total. The lowest BCUT2D eigenvalue weighted by molar-refractivity contribution is -0.0423. The molecule has 9 nitrogen and oxygen atoms in total. The maximum Gasteiger partial charge on any atom is 0.136 e. The molecule has 0 amide bonds. The molecule has 1 aromatic carbocycles. The van der Waals surface area contributed by atoms with Crippen LogP contribution in [0.25, 0.3) is 0 Å². The number of likely N-dealkylation sites (tertiary alicyclic amines) is 1. The zero-order chi connectivity index (χ0) is 25.9. The molecule has 0 spiro atoms. The highest BCUT2D eigenvalue weighted by Gasteiger charge is 2.29. The van der Waals surface area contributed by atoms with Gasteiger partial charge in [-0.15, -0.1) is 0 Å². The number of nitrogens with one attached hydrogen (secondary N) is 2. The van der Waals surface area contributed by atoms with E-state index in [9.17, 15) is 5.11 Å². The molecule has 1 aromatic heterocycles. The molecule has 0 radical (unpaired) electrons. The molecule has 3 saturated heterocycles. The van der Waals surface area contributed by atoms with Crippen molar-refractivity contribution in [1.82, 2.24) is 14.9 Å². The quantitative estimate of drug-likeness (QED) is 0.489. The van der Waals surface area contributed by atoms with Gasteiger partial charge in [-0.05, 0) is 82.3 Å². The second-order valence-electron chi connectivity index (χ2n) is 10.7. The van der Waals surface area contributed by atoms with E-state index in [0.717, 1.165) is 62.6 Å². The molecule has 3 atom stereocenters. The Kier molecular flexibility index (Phi) is 8.04. The minimum Gasteiger partial charge on any atom is -0.394 e. The molecular formula is C28H40N6O3. The molecular weight excluding hydrogens is 468 g/mol. The Hall–Kier alpha value is -2.59. The predicted octanol–water partition coefficient (Wildman–Crippen LogP) is 3.39. The van der Waals surface area contributed by atoms with E-state index in [1.165, 1.54) is 17.3 Å². The molecule has 3 unspecified atom stereocenters. The summed E-state index contributed by atoms with van der Waals surface area (Å²) < 4.78 is 11.4. The summed E-state index contributed by atoms with van der Waals surface area (Å²) in [5.41, 5.74) is 4.34. The topological polar surface area (TPSA) is 107 Å². The fourth-order valence-electron chi connectivity index (χ4n) is 6.05. The van der Waals surface area contributed by atoms with Gasteiger partial charge in [-0.25, -0.2) is 9.97 Å². The van der Waals surface area contributed by atoms with Gasteiger partial charge in [0.25, 0.3) is 0 Å². The number of anilines is 3. The first kappa shape index (κ1) is 26.0. The van der Waals surface area contributed by atoms with Crippen LogP contribution in [0.3, 0.4) is 0 Å². The largest absolute Gasteiger partial charge is 0.394 e. The van der Waals surface area contributed by atoms with Crippen LogP contribution in [0.2, 0.25) is 0 Å². The Balaban J connectivity index is 1.35. The molecule has 3 aliphatic rings. The first-order valence-electron chi connectivity index (χ1n) is 13.5. The number of rotatable bonds is 7. The number of benzene rings is 1. The Morgan fingerprint density at radius 2 is 1.95 bits per heavy atom. The zero-order valence-electron chi connectivity index (χ0n) is 22.2. The summed E-state index contributed by atoms with van der Waals surface area (Å²) >= 11 is 0.